The Bertz CT molecular complexity index is 1390. The third-order valence-corrected chi connectivity index (χ3v) is 7.83. The molecule has 4 aromatic rings. The van der Waals surface area contributed by atoms with Crippen molar-refractivity contribution in [2.24, 2.45) is 0 Å². The second-order valence-corrected chi connectivity index (χ2v) is 10.3. The highest BCUT2D eigenvalue weighted by molar-refractivity contribution is 8.01. The van der Waals surface area contributed by atoms with Crippen LogP contribution in [0.1, 0.15) is 35.5 Å². The first kappa shape index (κ1) is 22.6. The van der Waals surface area contributed by atoms with Gasteiger partial charge in [-0.25, -0.2) is 0 Å². The Morgan fingerprint density at radius 3 is 2.71 bits per heavy atom. The number of rotatable bonds is 7. The smallest absolute Gasteiger partial charge is 0.296 e. The molecule has 34 heavy (non-hydrogen) atoms. The van der Waals surface area contributed by atoms with Crippen LogP contribution in [-0.2, 0) is 4.79 Å². The minimum atomic E-state index is -0.914. The van der Waals surface area contributed by atoms with Gasteiger partial charge in [-0.05, 0) is 36.2 Å². The monoisotopic (exact) mass is 511 g/mol. The molecule has 1 aliphatic heterocycles. The van der Waals surface area contributed by atoms with E-state index in [4.69, 9.17) is 16.0 Å². The number of amides is 1. The number of Topliss-reactive ketones (excluding diaryl/α,β-unsaturated/α-hetero) is 1. The van der Waals surface area contributed by atoms with Gasteiger partial charge >= 0.3 is 0 Å². The van der Waals surface area contributed by atoms with E-state index in [0.29, 0.717) is 25.6 Å². The molecule has 2 aromatic carbocycles. The normalized spacial score (nSPS) is 16.1. The van der Waals surface area contributed by atoms with Gasteiger partial charge in [0, 0.05) is 16.2 Å². The summed E-state index contributed by atoms with van der Waals surface area (Å²) >= 11 is 8.85. The summed E-state index contributed by atoms with van der Waals surface area (Å²) < 4.78 is 6.45. The van der Waals surface area contributed by atoms with Crippen LogP contribution in [0.25, 0.3) is 11.0 Å². The first-order valence-electron chi connectivity index (χ1n) is 10.5. The van der Waals surface area contributed by atoms with Crippen molar-refractivity contribution in [3.8, 4) is 0 Å². The molecule has 0 radical (unpaired) electrons. The summed E-state index contributed by atoms with van der Waals surface area (Å²) in [7, 11) is 0. The molecule has 1 aliphatic rings. The van der Waals surface area contributed by atoms with Gasteiger partial charge in [-0.15, -0.1) is 10.2 Å². The van der Waals surface area contributed by atoms with Gasteiger partial charge in [-0.1, -0.05) is 72.0 Å². The molecule has 0 spiro atoms. The fraction of sp³-hybridized carbons (Fsp3) is 0.167. The highest BCUT2D eigenvalue weighted by Crippen LogP contribution is 2.44. The predicted octanol–water partition coefficient (Wildman–Crippen LogP) is 6.22. The van der Waals surface area contributed by atoms with Gasteiger partial charge in [0.15, 0.2) is 15.9 Å². The maximum absolute atomic E-state index is 13.6. The van der Waals surface area contributed by atoms with Crippen molar-refractivity contribution >= 4 is 62.5 Å². The number of benzene rings is 2. The molecule has 1 amide bonds. The van der Waals surface area contributed by atoms with Crippen molar-refractivity contribution in [2.75, 3.05) is 10.7 Å². The third-order valence-electron chi connectivity index (χ3n) is 5.32. The van der Waals surface area contributed by atoms with Crippen molar-refractivity contribution in [1.82, 2.24) is 10.2 Å². The molecule has 7 nitrogen and oxygen atoms in total. The first-order chi connectivity index (χ1) is 16.5. The number of aromatic nitrogens is 2. The van der Waals surface area contributed by atoms with E-state index in [2.05, 4.69) is 17.1 Å². The van der Waals surface area contributed by atoms with Crippen LogP contribution in [0.3, 0.4) is 0 Å². The second kappa shape index (κ2) is 9.25. The van der Waals surface area contributed by atoms with Gasteiger partial charge in [-0.3, -0.25) is 14.5 Å². The second-order valence-electron chi connectivity index (χ2n) is 7.57. The standard InChI is InChI=1S/C24H18ClN3O4S2/c1-2-11-33-24-27-26-23(34-24)28-19(13-7-9-15(25)10-8-13)18(21(30)22(28)31)20(29)17-12-14-5-3-4-6-16(14)32-17/h3-10,12,19,30H,2,11H2,1H3. The van der Waals surface area contributed by atoms with E-state index >= 15 is 0 Å². The summed E-state index contributed by atoms with van der Waals surface area (Å²) in [6.07, 6.45) is 0.966. The molecule has 1 unspecified atom stereocenters. The molecule has 3 heterocycles. The summed E-state index contributed by atoms with van der Waals surface area (Å²) in [5.41, 5.74) is 1.06. The minimum Gasteiger partial charge on any atom is -0.503 e. The highest BCUT2D eigenvalue weighted by Gasteiger charge is 2.46. The van der Waals surface area contributed by atoms with Crippen LogP contribution in [0, 0.1) is 0 Å². The maximum atomic E-state index is 13.6. The number of carbonyl (C=O) groups is 2. The Morgan fingerprint density at radius 1 is 1.21 bits per heavy atom. The first-order valence-corrected chi connectivity index (χ1v) is 12.7. The zero-order valence-electron chi connectivity index (χ0n) is 17.9. The summed E-state index contributed by atoms with van der Waals surface area (Å²) in [6, 6.07) is 14.7. The van der Waals surface area contributed by atoms with Crippen LogP contribution in [0.5, 0.6) is 0 Å². The van der Waals surface area contributed by atoms with Crippen LogP contribution < -0.4 is 4.90 Å². The van der Waals surface area contributed by atoms with Crippen molar-refractivity contribution in [2.45, 2.75) is 23.7 Å². The van der Waals surface area contributed by atoms with Gasteiger partial charge in [0.2, 0.25) is 10.9 Å². The average Bonchev–Trinajstić information content (AvgIpc) is 3.55. The lowest BCUT2D eigenvalue weighted by molar-refractivity contribution is -0.117. The number of fused-ring (bicyclic) bond motifs is 1. The molecule has 5 rings (SSSR count). The largest absolute Gasteiger partial charge is 0.503 e. The van der Waals surface area contributed by atoms with Gasteiger partial charge in [0.1, 0.15) is 5.58 Å². The Kier molecular flexibility index (Phi) is 6.16. The van der Waals surface area contributed by atoms with Gasteiger partial charge in [-0.2, -0.15) is 0 Å². The average molecular weight is 512 g/mol. The number of halogens is 1. The number of aliphatic hydroxyl groups excluding tert-OH is 1. The SMILES string of the molecule is CCCSc1nnc(N2C(=O)C(O)=C(C(=O)c3cc4ccccc4o3)C2c2ccc(Cl)cc2)s1. The number of para-hydroxylation sites is 1. The van der Waals surface area contributed by atoms with Crippen molar-refractivity contribution in [3.05, 3.63) is 82.3 Å². The molecule has 0 saturated heterocycles. The zero-order valence-corrected chi connectivity index (χ0v) is 20.3. The lowest BCUT2D eigenvalue weighted by Gasteiger charge is -2.23. The summed E-state index contributed by atoms with van der Waals surface area (Å²) in [5.74, 6) is -1.03. The number of ketones is 1. The number of carbonyl (C=O) groups excluding carboxylic acids is 2. The van der Waals surface area contributed by atoms with E-state index in [1.165, 1.54) is 28.0 Å². The quantitative estimate of drug-likeness (QED) is 0.178. The van der Waals surface area contributed by atoms with Crippen LogP contribution in [0.2, 0.25) is 5.02 Å². The molecule has 2 aromatic heterocycles. The third kappa shape index (κ3) is 4.00. The fourth-order valence-corrected chi connectivity index (χ4v) is 5.69. The zero-order chi connectivity index (χ0) is 23.8. The molecule has 1 atom stereocenters. The van der Waals surface area contributed by atoms with E-state index in [0.717, 1.165) is 17.6 Å². The van der Waals surface area contributed by atoms with Gasteiger partial charge in [0.25, 0.3) is 5.91 Å². The molecular weight excluding hydrogens is 494 g/mol. The van der Waals surface area contributed by atoms with Gasteiger partial charge in [0.05, 0.1) is 11.6 Å². The van der Waals surface area contributed by atoms with Crippen molar-refractivity contribution in [1.29, 1.82) is 0 Å². The molecule has 10 heteroatoms. The molecule has 0 fully saturated rings. The minimum absolute atomic E-state index is 0.0350. The number of anilines is 1. The number of nitrogens with zero attached hydrogens (tertiary/aromatic N) is 3. The summed E-state index contributed by atoms with van der Waals surface area (Å²) in [6.45, 7) is 2.06. The highest BCUT2D eigenvalue weighted by atomic mass is 35.5. The van der Waals surface area contributed by atoms with Crippen LogP contribution in [-0.4, -0.2) is 32.7 Å². The molecule has 0 saturated carbocycles. The number of furan rings is 1. The molecule has 1 N–H and O–H groups in total. The molecule has 0 aliphatic carbocycles. The van der Waals surface area contributed by atoms with E-state index in [-0.39, 0.29) is 11.3 Å². The molecular formula is C24H18ClN3O4S2. The number of aliphatic hydroxyl groups is 1. The van der Waals surface area contributed by atoms with E-state index in [1.54, 1.807) is 42.5 Å². The Morgan fingerprint density at radius 2 is 1.97 bits per heavy atom. The van der Waals surface area contributed by atoms with Crippen LogP contribution in [0.15, 0.2) is 74.7 Å². The molecule has 0 bridgehead atoms. The number of hydrogen-bond donors (Lipinski definition) is 1. The Hall–Kier alpha value is -3.14. The van der Waals surface area contributed by atoms with Crippen LogP contribution >= 0.6 is 34.7 Å². The Labute approximate surface area is 208 Å². The van der Waals surface area contributed by atoms with Crippen LogP contribution in [0.4, 0.5) is 5.13 Å². The van der Waals surface area contributed by atoms with Crippen molar-refractivity contribution in [3.63, 3.8) is 0 Å². The van der Waals surface area contributed by atoms with E-state index in [9.17, 15) is 14.7 Å². The summed E-state index contributed by atoms with van der Waals surface area (Å²) in [5, 5.41) is 20.8. The molecule has 172 valence electrons. The lowest BCUT2D eigenvalue weighted by atomic mass is 9.95. The van der Waals surface area contributed by atoms with E-state index < -0.39 is 23.5 Å². The number of thioether (sulfide) groups is 1. The maximum Gasteiger partial charge on any atom is 0.296 e. The Balaban J connectivity index is 1.60. The predicted molar refractivity (Wildman–Crippen MR) is 133 cm³/mol. The van der Waals surface area contributed by atoms with E-state index in [1.807, 2.05) is 12.1 Å². The lowest BCUT2D eigenvalue weighted by Crippen LogP contribution is -2.31. The topological polar surface area (TPSA) is 96.5 Å². The number of hydrogen-bond acceptors (Lipinski definition) is 8. The van der Waals surface area contributed by atoms with Crippen molar-refractivity contribution < 1.29 is 19.1 Å². The fourth-order valence-electron chi connectivity index (χ4n) is 3.77. The van der Waals surface area contributed by atoms with Gasteiger partial charge < -0.3 is 9.52 Å². The summed E-state index contributed by atoms with van der Waals surface area (Å²) in [4.78, 5) is 28.1.